The lowest BCUT2D eigenvalue weighted by Crippen LogP contribution is -2.64. The zero-order valence-electron chi connectivity index (χ0n) is 10.8. The number of nitrogens with one attached hydrogen (secondary N) is 1. The highest BCUT2D eigenvalue weighted by Gasteiger charge is 2.44. The summed E-state index contributed by atoms with van der Waals surface area (Å²) in [6.07, 6.45) is -5.56. The Labute approximate surface area is 114 Å². The molecule has 0 saturated carbocycles. The minimum atomic E-state index is -1.55. The van der Waals surface area contributed by atoms with Gasteiger partial charge in [-0.2, -0.15) is 0 Å². The first kappa shape index (κ1) is 14.9. The normalized spacial score (nSPS) is 34.0. The number of aliphatic hydroxyl groups excluding tert-OH is 4. The number of aliphatic hydroxyl groups is 4. The summed E-state index contributed by atoms with van der Waals surface area (Å²) < 4.78 is 10.0. The van der Waals surface area contributed by atoms with E-state index in [1.165, 1.54) is 6.07 Å². The van der Waals surface area contributed by atoms with Gasteiger partial charge in [0.1, 0.15) is 30.1 Å². The maximum atomic E-state index is 11.9. The van der Waals surface area contributed by atoms with Crippen molar-refractivity contribution in [3.05, 3.63) is 23.7 Å². The molecule has 0 spiro atoms. The second kappa shape index (κ2) is 5.90. The van der Waals surface area contributed by atoms with Gasteiger partial charge in [-0.05, 0) is 19.1 Å². The highest BCUT2D eigenvalue weighted by Crippen LogP contribution is 2.20. The molecule has 1 aromatic rings. The van der Waals surface area contributed by atoms with Crippen LogP contribution in [0.15, 0.2) is 16.5 Å². The highest BCUT2D eigenvalue weighted by molar-refractivity contribution is 5.91. The average Bonchev–Trinajstić information content (AvgIpc) is 2.85. The Balaban J connectivity index is 2.06. The zero-order valence-corrected chi connectivity index (χ0v) is 10.8. The van der Waals surface area contributed by atoms with Crippen LogP contribution in [0.25, 0.3) is 0 Å². The Bertz CT molecular complexity index is 474. The van der Waals surface area contributed by atoms with E-state index in [9.17, 15) is 20.1 Å². The Kier molecular flexibility index (Phi) is 4.41. The van der Waals surface area contributed by atoms with Crippen molar-refractivity contribution in [1.29, 1.82) is 0 Å². The minimum Gasteiger partial charge on any atom is -0.456 e. The monoisotopic (exact) mass is 287 g/mol. The van der Waals surface area contributed by atoms with Crippen LogP contribution in [0.5, 0.6) is 0 Å². The number of carbonyl (C=O) groups excluding carboxylic acids is 1. The summed E-state index contributed by atoms with van der Waals surface area (Å²) >= 11 is 0. The van der Waals surface area contributed by atoms with Gasteiger partial charge in [-0.1, -0.05) is 0 Å². The quantitative estimate of drug-likeness (QED) is 0.439. The molecule has 0 aliphatic carbocycles. The summed E-state index contributed by atoms with van der Waals surface area (Å²) in [6, 6.07) is 1.81. The van der Waals surface area contributed by atoms with Gasteiger partial charge in [0.15, 0.2) is 12.1 Å². The minimum absolute atomic E-state index is 0.0145. The fourth-order valence-corrected chi connectivity index (χ4v) is 2.03. The van der Waals surface area contributed by atoms with E-state index in [2.05, 4.69) is 5.32 Å². The molecule has 1 unspecified atom stereocenters. The largest absolute Gasteiger partial charge is 0.456 e. The summed E-state index contributed by atoms with van der Waals surface area (Å²) in [4.78, 5) is 11.9. The van der Waals surface area contributed by atoms with Gasteiger partial charge >= 0.3 is 0 Å². The molecule has 0 bridgehead atoms. The van der Waals surface area contributed by atoms with E-state index >= 15 is 0 Å². The number of amides is 1. The fourth-order valence-electron chi connectivity index (χ4n) is 2.03. The van der Waals surface area contributed by atoms with Crippen LogP contribution in [0.3, 0.4) is 0 Å². The second-order valence-electron chi connectivity index (χ2n) is 4.64. The third-order valence-corrected chi connectivity index (χ3v) is 3.16. The van der Waals surface area contributed by atoms with Gasteiger partial charge < -0.3 is 34.9 Å². The van der Waals surface area contributed by atoms with E-state index < -0.39 is 43.2 Å². The van der Waals surface area contributed by atoms with Gasteiger partial charge in [-0.15, -0.1) is 0 Å². The van der Waals surface area contributed by atoms with Crippen LogP contribution >= 0.6 is 0 Å². The SMILES string of the molecule is Cc1ccc(C(=O)N[C@H]2C(O)O[C@H](CO)[C@@H](O)[C@@H]2O)o1. The smallest absolute Gasteiger partial charge is 0.287 e. The van der Waals surface area contributed by atoms with Crippen LogP contribution in [0.2, 0.25) is 0 Å². The van der Waals surface area contributed by atoms with Gasteiger partial charge in [0.05, 0.1) is 6.61 Å². The van der Waals surface area contributed by atoms with Gasteiger partial charge in [0.25, 0.3) is 5.91 Å². The molecular formula is C12H17NO7. The molecular weight excluding hydrogens is 270 g/mol. The number of furan rings is 1. The molecule has 1 saturated heterocycles. The maximum Gasteiger partial charge on any atom is 0.287 e. The number of hydrogen-bond donors (Lipinski definition) is 5. The Morgan fingerprint density at radius 1 is 1.30 bits per heavy atom. The van der Waals surface area contributed by atoms with E-state index in [1.807, 2.05) is 0 Å². The molecule has 0 radical (unpaired) electrons. The molecule has 8 nitrogen and oxygen atoms in total. The molecule has 112 valence electrons. The third kappa shape index (κ3) is 2.84. The van der Waals surface area contributed by atoms with E-state index in [1.54, 1.807) is 13.0 Å². The summed E-state index contributed by atoms with van der Waals surface area (Å²) in [5.41, 5.74) is 0. The first-order valence-corrected chi connectivity index (χ1v) is 6.12. The number of ether oxygens (including phenoxy) is 1. The lowest BCUT2D eigenvalue weighted by Gasteiger charge is -2.40. The van der Waals surface area contributed by atoms with Crippen molar-refractivity contribution < 1.29 is 34.4 Å². The summed E-state index contributed by atoms with van der Waals surface area (Å²) in [5.74, 6) is -0.100. The first-order chi connectivity index (χ1) is 9.43. The highest BCUT2D eigenvalue weighted by atomic mass is 16.6. The molecule has 5 atom stereocenters. The van der Waals surface area contributed by atoms with Crippen molar-refractivity contribution in [2.75, 3.05) is 6.61 Å². The molecule has 1 fully saturated rings. The van der Waals surface area contributed by atoms with E-state index in [0.29, 0.717) is 5.76 Å². The van der Waals surface area contributed by atoms with Gasteiger partial charge in [0, 0.05) is 0 Å². The number of carbonyl (C=O) groups is 1. The number of aryl methyl sites for hydroxylation is 1. The van der Waals surface area contributed by atoms with E-state index in [-0.39, 0.29) is 5.76 Å². The Hall–Kier alpha value is -1.45. The van der Waals surface area contributed by atoms with Crippen LogP contribution in [-0.4, -0.2) is 63.6 Å². The van der Waals surface area contributed by atoms with Crippen molar-refractivity contribution >= 4 is 5.91 Å². The summed E-state index contributed by atoms with van der Waals surface area (Å²) in [7, 11) is 0. The van der Waals surface area contributed by atoms with Gasteiger partial charge in [-0.25, -0.2) is 0 Å². The van der Waals surface area contributed by atoms with Gasteiger partial charge in [-0.3, -0.25) is 4.79 Å². The molecule has 1 aliphatic rings. The van der Waals surface area contributed by atoms with Crippen molar-refractivity contribution in [3.8, 4) is 0 Å². The van der Waals surface area contributed by atoms with E-state index in [4.69, 9.17) is 14.3 Å². The first-order valence-electron chi connectivity index (χ1n) is 6.12. The zero-order chi connectivity index (χ0) is 14.9. The molecule has 1 amide bonds. The Morgan fingerprint density at radius 3 is 2.55 bits per heavy atom. The topological polar surface area (TPSA) is 132 Å². The summed E-state index contributed by atoms with van der Waals surface area (Å²) in [6.45, 7) is 1.10. The lowest BCUT2D eigenvalue weighted by molar-refractivity contribution is -0.252. The molecule has 8 heteroatoms. The molecule has 1 aromatic heterocycles. The van der Waals surface area contributed by atoms with Crippen LogP contribution in [0.4, 0.5) is 0 Å². The lowest BCUT2D eigenvalue weighted by atomic mass is 9.97. The van der Waals surface area contributed by atoms with Crippen LogP contribution in [0, 0.1) is 6.92 Å². The third-order valence-electron chi connectivity index (χ3n) is 3.16. The summed E-state index contributed by atoms with van der Waals surface area (Å²) in [5, 5.41) is 40.5. The van der Waals surface area contributed by atoms with Crippen molar-refractivity contribution in [1.82, 2.24) is 5.32 Å². The van der Waals surface area contributed by atoms with Crippen molar-refractivity contribution in [2.24, 2.45) is 0 Å². The second-order valence-corrected chi connectivity index (χ2v) is 4.64. The predicted molar refractivity (Wildman–Crippen MR) is 64.7 cm³/mol. The standard InChI is InChI=1S/C12H17NO7/c1-5-2-3-6(19-5)11(17)13-8-10(16)9(15)7(4-14)20-12(8)18/h2-3,7-10,12,14-16,18H,4H2,1H3,(H,13,17)/t7-,8-,9-,10-,12?/m1/s1. The average molecular weight is 287 g/mol. The molecule has 5 N–H and O–H groups in total. The fraction of sp³-hybridized carbons (Fsp3) is 0.583. The predicted octanol–water partition coefficient (Wildman–Crippen LogP) is -1.88. The van der Waals surface area contributed by atoms with Crippen LogP contribution in [0.1, 0.15) is 16.3 Å². The molecule has 2 rings (SSSR count). The molecule has 1 aliphatic heterocycles. The number of rotatable bonds is 3. The van der Waals surface area contributed by atoms with Gasteiger partial charge in [0.2, 0.25) is 0 Å². The van der Waals surface area contributed by atoms with Crippen molar-refractivity contribution in [3.63, 3.8) is 0 Å². The molecule has 20 heavy (non-hydrogen) atoms. The molecule has 0 aromatic carbocycles. The van der Waals surface area contributed by atoms with E-state index in [0.717, 1.165) is 0 Å². The molecule has 2 heterocycles. The Morgan fingerprint density at radius 2 is 2.00 bits per heavy atom. The van der Waals surface area contributed by atoms with Crippen molar-refractivity contribution in [2.45, 2.75) is 37.6 Å². The maximum absolute atomic E-state index is 11.9. The number of hydrogen-bond acceptors (Lipinski definition) is 7. The van der Waals surface area contributed by atoms with Crippen LogP contribution < -0.4 is 5.32 Å². The van der Waals surface area contributed by atoms with Crippen LogP contribution in [-0.2, 0) is 4.74 Å².